The van der Waals surface area contributed by atoms with Gasteiger partial charge in [0.15, 0.2) is 0 Å². The van der Waals surface area contributed by atoms with Gasteiger partial charge in [-0.2, -0.15) is 13.2 Å². The molecule has 1 aromatic carbocycles. The highest BCUT2D eigenvalue weighted by molar-refractivity contribution is 7.53. The molecule has 0 aliphatic carbocycles. The smallest absolute Gasteiger partial charge is 0.309 e. The SMILES string of the molecule is CCOP(=O)(CC(C)(C)c1ccc(C(F)(F)F)cc1)OCC. The molecule has 0 atom stereocenters. The van der Waals surface area contributed by atoms with Crippen LogP contribution >= 0.6 is 7.60 Å². The molecule has 126 valence electrons. The lowest BCUT2D eigenvalue weighted by molar-refractivity contribution is -0.137. The highest BCUT2D eigenvalue weighted by Crippen LogP contribution is 2.52. The predicted molar refractivity (Wildman–Crippen MR) is 80.2 cm³/mol. The standard InChI is InChI=1S/C15H22F3O3P/c1-5-20-22(19,21-6-2)11-14(3,4)12-7-9-13(10-8-12)15(16,17)18/h7-10H,5-6,11H2,1-4H3. The van der Waals surface area contributed by atoms with E-state index in [2.05, 4.69) is 0 Å². The maximum Gasteiger partial charge on any atom is 0.416 e. The number of halogens is 3. The van der Waals surface area contributed by atoms with Gasteiger partial charge in [0.25, 0.3) is 0 Å². The Bertz CT molecular complexity index is 514. The Labute approximate surface area is 129 Å². The molecule has 0 spiro atoms. The van der Waals surface area contributed by atoms with Crippen LogP contribution < -0.4 is 0 Å². The third-order valence-electron chi connectivity index (χ3n) is 3.23. The van der Waals surface area contributed by atoms with E-state index >= 15 is 0 Å². The lowest BCUT2D eigenvalue weighted by Gasteiger charge is -2.29. The minimum atomic E-state index is -4.37. The summed E-state index contributed by atoms with van der Waals surface area (Å²) in [5, 5.41) is 0. The van der Waals surface area contributed by atoms with Gasteiger partial charge in [0.05, 0.1) is 24.9 Å². The molecule has 0 bridgehead atoms. The summed E-state index contributed by atoms with van der Waals surface area (Å²) in [5.41, 5.74) is -0.686. The Morgan fingerprint density at radius 2 is 1.36 bits per heavy atom. The molecule has 22 heavy (non-hydrogen) atoms. The van der Waals surface area contributed by atoms with Gasteiger partial charge in [-0.3, -0.25) is 4.57 Å². The summed E-state index contributed by atoms with van der Waals surface area (Å²) in [6, 6.07) is 4.88. The van der Waals surface area contributed by atoms with Crippen molar-refractivity contribution in [1.29, 1.82) is 0 Å². The van der Waals surface area contributed by atoms with Crippen LogP contribution in [0.25, 0.3) is 0 Å². The predicted octanol–water partition coefficient (Wildman–Crippen LogP) is 5.25. The highest BCUT2D eigenvalue weighted by atomic mass is 31.2. The second-order valence-corrected chi connectivity index (χ2v) is 7.62. The van der Waals surface area contributed by atoms with Crippen LogP contribution in [-0.4, -0.2) is 19.4 Å². The van der Waals surface area contributed by atoms with Gasteiger partial charge in [0, 0.05) is 5.41 Å². The summed E-state index contributed by atoms with van der Waals surface area (Å²) in [5.74, 6) is 0. The molecule has 0 saturated heterocycles. The molecule has 0 unspecified atom stereocenters. The van der Waals surface area contributed by atoms with E-state index in [9.17, 15) is 17.7 Å². The minimum absolute atomic E-state index is 0.104. The Morgan fingerprint density at radius 1 is 0.955 bits per heavy atom. The molecular formula is C15H22F3O3P. The summed E-state index contributed by atoms with van der Waals surface area (Å²) in [7, 11) is -3.27. The first-order valence-corrected chi connectivity index (χ1v) is 8.83. The zero-order valence-corrected chi connectivity index (χ0v) is 14.1. The molecule has 7 heteroatoms. The largest absolute Gasteiger partial charge is 0.416 e. The van der Waals surface area contributed by atoms with Gasteiger partial charge in [-0.25, -0.2) is 0 Å². The number of benzene rings is 1. The van der Waals surface area contributed by atoms with Crippen molar-refractivity contribution in [2.75, 3.05) is 19.4 Å². The maximum absolute atomic E-state index is 12.6. The van der Waals surface area contributed by atoms with E-state index in [-0.39, 0.29) is 19.4 Å². The Balaban J connectivity index is 3.00. The van der Waals surface area contributed by atoms with Gasteiger partial charge in [-0.1, -0.05) is 26.0 Å². The Morgan fingerprint density at radius 3 is 1.73 bits per heavy atom. The minimum Gasteiger partial charge on any atom is -0.309 e. The van der Waals surface area contributed by atoms with Crippen LogP contribution in [0.15, 0.2) is 24.3 Å². The summed E-state index contributed by atoms with van der Waals surface area (Å²) in [6.45, 7) is 7.55. The fraction of sp³-hybridized carbons (Fsp3) is 0.600. The molecular weight excluding hydrogens is 316 g/mol. The molecule has 0 radical (unpaired) electrons. The Hall–Kier alpha value is -0.840. The van der Waals surface area contributed by atoms with Crippen LogP contribution in [0, 0.1) is 0 Å². The average molecular weight is 338 g/mol. The summed E-state index contributed by atoms with van der Waals surface area (Å²) in [4.78, 5) is 0. The van der Waals surface area contributed by atoms with Gasteiger partial charge in [-0.05, 0) is 31.5 Å². The van der Waals surface area contributed by atoms with Gasteiger partial charge in [-0.15, -0.1) is 0 Å². The number of rotatable bonds is 7. The first-order valence-electron chi connectivity index (χ1n) is 7.10. The number of hydrogen-bond acceptors (Lipinski definition) is 3. The normalized spacial score (nSPS) is 13.4. The molecule has 0 amide bonds. The third kappa shape index (κ3) is 5.11. The van der Waals surface area contributed by atoms with E-state index in [4.69, 9.17) is 9.05 Å². The first kappa shape index (κ1) is 19.2. The van der Waals surface area contributed by atoms with Crippen LogP contribution in [-0.2, 0) is 25.2 Å². The van der Waals surface area contributed by atoms with E-state index < -0.39 is 24.8 Å². The first-order chi connectivity index (χ1) is 10.0. The van der Waals surface area contributed by atoms with Crippen molar-refractivity contribution < 1.29 is 26.8 Å². The lowest BCUT2D eigenvalue weighted by atomic mass is 9.86. The van der Waals surface area contributed by atoms with Crippen molar-refractivity contribution in [1.82, 2.24) is 0 Å². The van der Waals surface area contributed by atoms with Crippen LogP contribution in [0.5, 0.6) is 0 Å². The van der Waals surface area contributed by atoms with Crippen molar-refractivity contribution >= 4 is 7.60 Å². The summed E-state index contributed by atoms with van der Waals surface area (Å²) < 4.78 is 60.9. The number of alkyl halides is 3. The van der Waals surface area contributed by atoms with Crippen LogP contribution in [0.1, 0.15) is 38.8 Å². The quantitative estimate of drug-likeness (QED) is 0.637. The molecule has 0 fully saturated rings. The van der Waals surface area contributed by atoms with Crippen molar-refractivity contribution in [3.8, 4) is 0 Å². The average Bonchev–Trinajstić information content (AvgIpc) is 2.37. The van der Waals surface area contributed by atoms with Crippen molar-refractivity contribution in [3.63, 3.8) is 0 Å². The van der Waals surface area contributed by atoms with E-state index in [1.165, 1.54) is 12.1 Å². The lowest BCUT2D eigenvalue weighted by Crippen LogP contribution is -2.24. The van der Waals surface area contributed by atoms with Gasteiger partial charge < -0.3 is 9.05 Å². The van der Waals surface area contributed by atoms with Crippen LogP contribution in [0.4, 0.5) is 13.2 Å². The monoisotopic (exact) mass is 338 g/mol. The van der Waals surface area contributed by atoms with Crippen LogP contribution in [0.2, 0.25) is 0 Å². The fourth-order valence-corrected chi connectivity index (χ4v) is 4.40. The molecule has 0 aromatic heterocycles. The zero-order chi connectivity index (χ0) is 17.0. The van der Waals surface area contributed by atoms with E-state index in [1.807, 2.05) is 0 Å². The zero-order valence-electron chi connectivity index (χ0n) is 13.2. The van der Waals surface area contributed by atoms with E-state index in [0.29, 0.717) is 5.56 Å². The summed E-state index contributed by atoms with van der Waals surface area (Å²) in [6.07, 6.45) is -4.26. The molecule has 0 aliphatic rings. The van der Waals surface area contributed by atoms with E-state index in [0.717, 1.165) is 12.1 Å². The topological polar surface area (TPSA) is 35.5 Å². The Kier molecular flexibility index (Phi) is 6.25. The van der Waals surface area contributed by atoms with Crippen molar-refractivity contribution in [2.24, 2.45) is 0 Å². The molecule has 1 aromatic rings. The second kappa shape index (κ2) is 7.16. The maximum atomic E-state index is 12.6. The molecule has 0 N–H and O–H groups in total. The van der Waals surface area contributed by atoms with Gasteiger partial charge in [0.1, 0.15) is 0 Å². The number of hydrogen-bond donors (Lipinski definition) is 0. The second-order valence-electron chi connectivity index (χ2n) is 5.56. The third-order valence-corrected chi connectivity index (χ3v) is 5.72. The molecule has 3 nitrogen and oxygen atoms in total. The summed E-state index contributed by atoms with van der Waals surface area (Å²) >= 11 is 0. The van der Waals surface area contributed by atoms with Gasteiger partial charge >= 0.3 is 13.8 Å². The van der Waals surface area contributed by atoms with Crippen LogP contribution in [0.3, 0.4) is 0 Å². The van der Waals surface area contributed by atoms with Gasteiger partial charge in [0.2, 0.25) is 0 Å². The molecule has 0 aliphatic heterocycles. The molecule has 0 heterocycles. The van der Waals surface area contributed by atoms with Crippen molar-refractivity contribution in [3.05, 3.63) is 35.4 Å². The molecule has 1 rings (SSSR count). The highest BCUT2D eigenvalue weighted by Gasteiger charge is 2.35. The molecule has 0 saturated carbocycles. The van der Waals surface area contributed by atoms with E-state index in [1.54, 1.807) is 27.7 Å². The fourth-order valence-electron chi connectivity index (χ4n) is 2.21. The van der Waals surface area contributed by atoms with Crippen molar-refractivity contribution in [2.45, 2.75) is 39.3 Å².